The van der Waals surface area contributed by atoms with Crippen LogP contribution in [0.5, 0.6) is 0 Å². The van der Waals surface area contributed by atoms with Gasteiger partial charge < -0.3 is 10.2 Å². The molecule has 11 heteroatoms. The number of nitro groups is 1. The minimum absolute atomic E-state index is 0.0466. The van der Waals surface area contributed by atoms with Crippen LogP contribution in [0.4, 0.5) is 5.69 Å². The predicted octanol–water partition coefficient (Wildman–Crippen LogP) is 0.927. The van der Waals surface area contributed by atoms with Crippen LogP contribution < -0.4 is 5.32 Å². The summed E-state index contributed by atoms with van der Waals surface area (Å²) in [5, 5.41) is 13.7. The minimum Gasteiger partial charge on any atom is -0.353 e. The van der Waals surface area contributed by atoms with Gasteiger partial charge in [-0.3, -0.25) is 34.2 Å². The summed E-state index contributed by atoms with van der Waals surface area (Å²) in [7, 11) is 0. The van der Waals surface area contributed by atoms with E-state index in [9.17, 15) is 29.3 Å². The van der Waals surface area contributed by atoms with Gasteiger partial charge in [-0.15, -0.1) is 11.6 Å². The first kappa shape index (κ1) is 20.7. The minimum atomic E-state index is -0.717. The number of nitrogens with one attached hydrogen (secondary N) is 1. The molecule has 3 rings (SSSR count). The standard InChI is InChI=1S/C18H19ClN4O6/c19-6-3-15(24)20-11-4-7-21(8-5-11)16(25)10-22-17(26)13-2-1-12(23(28)29)9-14(13)18(22)27/h1-2,9,11H,3-8,10H2,(H,20,24). The van der Waals surface area contributed by atoms with Crippen LogP contribution in [0.15, 0.2) is 18.2 Å². The second kappa shape index (κ2) is 8.56. The second-order valence-corrected chi connectivity index (χ2v) is 7.22. The Hall–Kier alpha value is -3.01. The fraction of sp³-hybridized carbons (Fsp3) is 0.444. The Bertz CT molecular complexity index is 881. The van der Waals surface area contributed by atoms with Crippen LogP contribution in [0.25, 0.3) is 0 Å². The molecule has 2 aliphatic rings. The SMILES string of the molecule is O=C(CCCl)NC1CCN(C(=O)CN2C(=O)c3ccc([N+](=O)[O-])cc3C2=O)CC1. The van der Waals surface area contributed by atoms with Crippen LogP contribution in [-0.4, -0.2) is 69.9 Å². The summed E-state index contributed by atoms with van der Waals surface area (Å²) in [6.45, 7) is 0.349. The highest BCUT2D eigenvalue weighted by atomic mass is 35.5. The van der Waals surface area contributed by atoms with Crippen molar-refractivity contribution in [3.63, 3.8) is 0 Å². The second-order valence-electron chi connectivity index (χ2n) is 6.85. The molecular weight excluding hydrogens is 404 g/mol. The molecule has 10 nitrogen and oxygen atoms in total. The van der Waals surface area contributed by atoms with Gasteiger partial charge in [0.1, 0.15) is 6.54 Å². The highest BCUT2D eigenvalue weighted by molar-refractivity contribution is 6.22. The number of carbonyl (C=O) groups excluding carboxylic acids is 4. The normalized spacial score (nSPS) is 16.7. The lowest BCUT2D eigenvalue weighted by molar-refractivity contribution is -0.384. The summed E-state index contributed by atoms with van der Waals surface area (Å²) in [6, 6.07) is 3.38. The molecule has 29 heavy (non-hydrogen) atoms. The molecule has 1 fully saturated rings. The molecule has 1 N–H and O–H groups in total. The number of rotatable bonds is 6. The summed E-state index contributed by atoms with van der Waals surface area (Å²) < 4.78 is 0. The third-order valence-electron chi connectivity index (χ3n) is 4.99. The van der Waals surface area contributed by atoms with Crippen LogP contribution in [0.2, 0.25) is 0 Å². The van der Waals surface area contributed by atoms with Gasteiger partial charge >= 0.3 is 0 Å². The highest BCUT2D eigenvalue weighted by Gasteiger charge is 2.38. The van der Waals surface area contributed by atoms with Gasteiger partial charge in [0, 0.05) is 43.6 Å². The quantitative estimate of drug-likeness (QED) is 0.314. The molecule has 1 aromatic carbocycles. The molecule has 0 atom stereocenters. The number of hydrogen-bond acceptors (Lipinski definition) is 6. The maximum absolute atomic E-state index is 12.6. The van der Waals surface area contributed by atoms with E-state index in [1.54, 1.807) is 0 Å². The largest absolute Gasteiger partial charge is 0.353 e. The summed E-state index contributed by atoms with van der Waals surface area (Å²) in [5.41, 5.74) is -0.316. The molecule has 1 saturated heterocycles. The molecular formula is C18H19ClN4O6. The van der Waals surface area contributed by atoms with Crippen molar-refractivity contribution in [1.29, 1.82) is 0 Å². The number of amides is 4. The molecule has 4 amide bonds. The molecule has 0 unspecified atom stereocenters. The van der Waals surface area contributed by atoms with Crippen LogP contribution in [0.1, 0.15) is 40.0 Å². The highest BCUT2D eigenvalue weighted by Crippen LogP contribution is 2.27. The third kappa shape index (κ3) is 4.37. The molecule has 0 aliphatic carbocycles. The van der Waals surface area contributed by atoms with Crippen molar-refractivity contribution in [2.24, 2.45) is 0 Å². The van der Waals surface area contributed by atoms with Gasteiger partial charge in [-0.2, -0.15) is 0 Å². The zero-order chi connectivity index (χ0) is 21.1. The van der Waals surface area contributed by atoms with E-state index < -0.39 is 23.3 Å². The predicted molar refractivity (Wildman–Crippen MR) is 102 cm³/mol. The molecule has 2 heterocycles. The Balaban J connectivity index is 1.59. The van der Waals surface area contributed by atoms with Gasteiger partial charge in [0.05, 0.1) is 16.1 Å². The van der Waals surface area contributed by atoms with Gasteiger partial charge in [-0.05, 0) is 18.9 Å². The first-order chi connectivity index (χ1) is 13.8. The van der Waals surface area contributed by atoms with Crippen LogP contribution in [0.3, 0.4) is 0 Å². The lowest BCUT2D eigenvalue weighted by atomic mass is 10.0. The number of carbonyl (C=O) groups is 4. The Kier molecular flexibility index (Phi) is 6.12. The Morgan fingerprint density at radius 2 is 1.83 bits per heavy atom. The number of hydrogen-bond donors (Lipinski definition) is 1. The van der Waals surface area contributed by atoms with Crippen molar-refractivity contribution in [3.8, 4) is 0 Å². The van der Waals surface area contributed by atoms with E-state index >= 15 is 0 Å². The van der Waals surface area contributed by atoms with Crippen molar-refractivity contribution >= 4 is 40.9 Å². The molecule has 154 valence electrons. The lowest BCUT2D eigenvalue weighted by Gasteiger charge is -2.33. The third-order valence-corrected chi connectivity index (χ3v) is 5.18. The monoisotopic (exact) mass is 422 g/mol. The summed E-state index contributed by atoms with van der Waals surface area (Å²) >= 11 is 5.53. The van der Waals surface area contributed by atoms with Gasteiger partial charge in [0.2, 0.25) is 11.8 Å². The first-order valence-electron chi connectivity index (χ1n) is 9.09. The number of fused-ring (bicyclic) bond motifs is 1. The Labute approximate surface area is 170 Å². The number of benzene rings is 1. The van der Waals surface area contributed by atoms with Crippen LogP contribution in [0, 0.1) is 10.1 Å². The van der Waals surface area contributed by atoms with Crippen molar-refractivity contribution in [2.75, 3.05) is 25.5 Å². The van der Waals surface area contributed by atoms with Crippen molar-refractivity contribution < 1.29 is 24.1 Å². The molecule has 0 bridgehead atoms. The summed E-state index contributed by atoms with van der Waals surface area (Å²) in [4.78, 5) is 61.7. The number of likely N-dealkylation sites (tertiary alicyclic amines) is 1. The Morgan fingerprint density at radius 3 is 2.45 bits per heavy atom. The number of nitrogens with zero attached hydrogens (tertiary/aromatic N) is 3. The molecule has 2 aliphatic heterocycles. The number of alkyl halides is 1. The number of imide groups is 1. The maximum atomic E-state index is 12.6. The van der Waals surface area contributed by atoms with Crippen molar-refractivity contribution in [3.05, 3.63) is 39.4 Å². The smallest absolute Gasteiger partial charge is 0.270 e. The maximum Gasteiger partial charge on any atom is 0.270 e. The fourth-order valence-corrected chi connectivity index (χ4v) is 3.60. The van der Waals surface area contributed by atoms with E-state index in [-0.39, 0.29) is 47.0 Å². The van der Waals surface area contributed by atoms with E-state index in [1.807, 2.05) is 0 Å². The van der Waals surface area contributed by atoms with Gasteiger partial charge in [-0.25, -0.2) is 0 Å². The molecule has 0 aromatic heterocycles. The van der Waals surface area contributed by atoms with E-state index in [2.05, 4.69) is 5.32 Å². The zero-order valence-electron chi connectivity index (χ0n) is 15.4. The van der Waals surface area contributed by atoms with Crippen LogP contribution in [-0.2, 0) is 9.59 Å². The van der Waals surface area contributed by atoms with Crippen LogP contribution >= 0.6 is 11.6 Å². The lowest BCUT2D eigenvalue weighted by Crippen LogP contribution is -2.49. The average molecular weight is 423 g/mol. The van der Waals surface area contributed by atoms with Gasteiger partial charge in [0.25, 0.3) is 17.5 Å². The van der Waals surface area contributed by atoms with Crippen molar-refractivity contribution in [2.45, 2.75) is 25.3 Å². The van der Waals surface area contributed by atoms with E-state index in [4.69, 9.17) is 11.6 Å². The van der Waals surface area contributed by atoms with E-state index in [0.717, 1.165) is 17.0 Å². The Morgan fingerprint density at radius 1 is 1.17 bits per heavy atom. The van der Waals surface area contributed by atoms with Crippen molar-refractivity contribution in [1.82, 2.24) is 15.1 Å². The number of piperidine rings is 1. The van der Waals surface area contributed by atoms with Gasteiger partial charge in [0.15, 0.2) is 0 Å². The molecule has 0 radical (unpaired) electrons. The van der Waals surface area contributed by atoms with E-state index in [1.165, 1.54) is 11.0 Å². The number of halogens is 1. The first-order valence-corrected chi connectivity index (χ1v) is 9.63. The molecule has 0 saturated carbocycles. The fourth-order valence-electron chi connectivity index (χ4n) is 3.43. The number of nitro benzene ring substituents is 1. The van der Waals surface area contributed by atoms with E-state index in [0.29, 0.717) is 25.9 Å². The number of non-ortho nitro benzene ring substituents is 1. The topological polar surface area (TPSA) is 130 Å². The van der Waals surface area contributed by atoms with Gasteiger partial charge in [-0.1, -0.05) is 0 Å². The summed E-state index contributed by atoms with van der Waals surface area (Å²) in [5.74, 6) is -1.64. The zero-order valence-corrected chi connectivity index (χ0v) is 16.2. The molecule has 1 aromatic rings. The summed E-state index contributed by atoms with van der Waals surface area (Å²) in [6.07, 6.45) is 1.36. The average Bonchev–Trinajstić information content (AvgIpc) is 2.93. The molecule has 0 spiro atoms.